The number of allylic oxidation sites excluding steroid dienone is 1. The molecule has 1 nitrogen and oxygen atoms in total. The average Bonchev–Trinajstić information content (AvgIpc) is 1.68. The predicted molar refractivity (Wildman–Crippen MR) is 32.9 cm³/mol. The second kappa shape index (κ2) is 3.76. The fraction of sp³-hybridized carbons (Fsp3) is 0.400. The fourth-order valence-electron chi connectivity index (χ4n) is 0.207. The van der Waals surface area contributed by atoms with Gasteiger partial charge in [0.15, 0.2) is 0 Å². The van der Waals surface area contributed by atoms with Crippen molar-refractivity contribution in [2.45, 2.75) is 6.92 Å². The van der Waals surface area contributed by atoms with E-state index in [0.29, 0.717) is 4.91 Å². The topological polar surface area (TPSA) is 23.8 Å². The molecule has 0 N–H and O–H groups in total. The van der Waals surface area contributed by atoms with E-state index in [1.54, 1.807) is 0 Å². The molecule has 0 radical (unpaired) electrons. The van der Waals surface area contributed by atoms with Crippen LogP contribution >= 0.6 is 11.8 Å². The molecule has 7 heavy (non-hydrogen) atoms. The molecule has 0 unspecified atom stereocenters. The molecule has 0 fully saturated rings. The minimum absolute atomic E-state index is 0.600. The highest BCUT2D eigenvalue weighted by atomic mass is 32.2. The van der Waals surface area contributed by atoms with Gasteiger partial charge in [-0.25, -0.2) is 0 Å². The molecule has 0 aliphatic rings. The van der Waals surface area contributed by atoms with Crippen molar-refractivity contribution in [1.29, 1.82) is 5.26 Å². The Bertz CT molecular complexity index is 101. The summed E-state index contributed by atoms with van der Waals surface area (Å²) in [6.07, 6.45) is 0. The van der Waals surface area contributed by atoms with Gasteiger partial charge < -0.3 is 0 Å². The van der Waals surface area contributed by atoms with Crippen LogP contribution in [0.15, 0.2) is 11.5 Å². The number of rotatable bonds is 2. The standard InChI is InChI=1S/C5H7NS/c1-3-7-5(2)4-6/h2-3H2,1H3. The summed E-state index contributed by atoms with van der Waals surface area (Å²) in [6.45, 7) is 5.46. The molecular formula is C5H7NS. The van der Waals surface area contributed by atoms with E-state index in [-0.39, 0.29) is 0 Å². The summed E-state index contributed by atoms with van der Waals surface area (Å²) in [5.41, 5.74) is 0. The highest BCUT2D eigenvalue weighted by Gasteiger charge is 1.83. The van der Waals surface area contributed by atoms with Crippen LogP contribution in [-0.2, 0) is 0 Å². The molecule has 0 bridgehead atoms. The summed E-state index contributed by atoms with van der Waals surface area (Å²) < 4.78 is 0. The number of hydrogen-bond acceptors (Lipinski definition) is 2. The molecule has 0 aliphatic carbocycles. The third-order valence-corrected chi connectivity index (χ3v) is 1.17. The lowest BCUT2D eigenvalue weighted by atomic mass is 10.7. The number of hydrogen-bond donors (Lipinski definition) is 0. The maximum atomic E-state index is 8.10. The summed E-state index contributed by atoms with van der Waals surface area (Å²) in [4.78, 5) is 0.600. The summed E-state index contributed by atoms with van der Waals surface area (Å²) in [7, 11) is 0. The molecular weight excluding hydrogens is 106 g/mol. The van der Waals surface area contributed by atoms with Crippen molar-refractivity contribution in [3.8, 4) is 6.07 Å². The van der Waals surface area contributed by atoms with Gasteiger partial charge in [0, 0.05) is 0 Å². The minimum atomic E-state index is 0.600. The van der Waals surface area contributed by atoms with Crippen LogP contribution in [0.3, 0.4) is 0 Å². The Hall–Kier alpha value is -0.420. The first-order valence-electron chi connectivity index (χ1n) is 2.03. The molecule has 2 heteroatoms. The van der Waals surface area contributed by atoms with E-state index < -0.39 is 0 Å². The number of thioether (sulfide) groups is 1. The molecule has 0 aliphatic heterocycles. The molecule has 0 aromatic carbocycles. The molecule has 0 saturated heterocycles. The Labute approximate surface area is 48.0 Å². The van der Waals surface area contributed by atoms with Crippen LogP contribution in [0.4, 0.5) is 0 Å². The van der Waals surface area contributed by atoms with Crippen LogP contribution in [0.2, 0.25) is 0 Å². The van der Waals surface area contributed by atoms with Crippen molar-refractivity contribution in [2.75, 3.05) is 5.75 Å². The third kappa shape index (κ3) is 3.41. The summed E-state index contributed by atoms with van der Waals surface area (Å²) in [5.74, 6) is 0.937. The smallest absolute Gasteiger partial charge is 0.105 e. The van der Waals surface area contributed by atoms with Crippen molar-refractivity contribution >= 4 is 11.8 Å². The Morgan fingerprint density at radius 1 is 2.00 bits per heavy atom. The zero-order valence-corrected chi connectivity index (χ0v) is 5.09. The van der Waals surface area contributed by atoms with Crippen molar-refractivity contribution < 1.29 is 0 Å². The summed E-state index contributed by atoms with van der Waals surface area (Å²) >= 11 is 1.48. The number of nitrogens with zero attached hydrogens (tertiary/aromatic N) is 1. The number of nitriles is 1. The van der Waals surface area contributed by atoms with Crippen LogP contribution in [0.1, 0.15) is 6.92 Å². The lowest BCUT2D eigenvalue weighted by molar-refractivity contribution is 1.51. The van der Waals surface area contributed by atoms with Crippen LogP contribution in [0, 0.1) is 11.3 Å². The van der Waals surface area contributed by atoms with Gasteiger partial charge >= 0.3 is 0 Å². The molecule has 0 aromatic rings. The average molecular weight is 113 g/mol. The molecule has 0 saturated carbocycles. The maximum absolute atomic E-state index is 8.10. The van der Waals surface area contributed by atoms with Crippen LogP contribution in [-0.4, -0.2) is 5.75 Å². The van der Waals surface area contributed by atoms with E-state index in [1.165, 1.54) is 11.8 Å². The lowest BCUT2D eigenvalue weighted by Crippen LogP contribution is -1.65. The van der Waals surface area contributed by atoms with E-state index in [4.69, 9.17) is 5.26 Å². The Morgan fingerprint density at radius 2 is 2.57 bits per heavy atom. The van der Waals surface area contributed by atoms with Crippen molar-refractivity contribution in [3.05, 3.63) is 11.5 Å². The first-order chi connectivity index (χ1) is 3.31. The van der Waals surface area contributed by atoms with Gasteiger partial charge in [-0.1, -0.05) is 13.5 Å². The Morgan fingerprint density at radius 3 is 2.71 bits per heavy atom. The van der Waals surface area contributed by atoms with Crippen LogP contribution in [0.25, 0.3) is 0 Å². The zero-order valence-electron chi connectivity index (χ0n) is 4.27. The Kier molecular flexibility index (Phi) is 3.53. The van der Waals surface area contributed by atoms with E-state index in [0.717, 1.165) is 5.75 Å². The maximum Gasteiger partial charge on any atom is 0.105 e. The molecule has 0 spiro atoms. The summed E-state index contributed by atoms with van der Waals surface area (Å²) in [5, 5.41) is 8.10. The normalized spacial score (nSPS) is 7.43. The van der Waals surface area contributed by atoms with Gasteiger partial charge in [0.1, 0.15) is 6.07 Å². The van der Waals surface area contributed by atoms with Gasteiger partial charge in [-0.15, -0.1) is 11.8 Å². The zero-order chi connectivity index (χ0) is 5.70. The minimum Gasteiger partial charge on any atom is -0.192 e. The highest BCUT2D eigenvalue weighted by Crippen LogP contribution is 2.09. The van der Waals surface area contributed by atoms with Gasteiger partial charge in [0.2, 0.25) is 0 Å². The SMILES string of the molecule is C=C(C#N)SCC. The van der Waals surface area contributed by atoms with Crippen LogP contribution < -0.4 is 0 Å². The molecule has 0 rings (SSSR count). The molecule has 0 aromatic heterocycles. The Balaban J connectivity index is 3.24. The second-order valence-corrected chi connectivity index (χ2v) is 2.33. The van der Waals surface area contributed by atoms with Crippen molar-refractivity contribution in [1.82, 2.24) is 0 Å². The van der Waals surface area contributed by atoms with Gasteiger partial charge in [-0.2, -0.15) is 5.26 Å². The highest BCUT2D eigenvalue weighted by molar-refractivity contribution is 8.03. The third-order valence-electron chi connectivity index (χ3n) is 0.443. The first kappa shape index (κ1) is 6.58. The monoisotopic (exact) mass is 113 g/mol. The van der Waals surface area contributed by atoms with E-state index >= 15 is 0 Å². The molecule has 0 heterocycles. The van der Waals surface area contributed by atoms with Gasteiger partial charge in [-0.3, -0.25) is 0 Å². The van der Waals surface area contributed by atoms with E-state index in [9.17, 15) is 0 Å². The largest absolute Gasteiger partial charge is 0.192 e. The van der Waals surface area contributed by atoms with E-state index in [2.05, 4.69) is 6.58 Å². The van der Waals surface area contributed by atoms with Crippen LogP contribution in [0.5, 0.6) is 0 Å². The second-order valence-electron chi connectivity index (χ2n) is 0.968. The van der Waals surface area contributed by atoms with Gasteiger partial charge in [-0.05, 0) is 5.75 Å². The van der Waals surface area contributed by atoms with Gasteiger partial charge in [0.25, 0.3) is 0 Å². The molecule has 0 atom stereocenters. The van der Waals surface area contributed by atoms with Crippen molar-refractivity contribution in [2.24, 2.45) is 0 Å². The molecule has 0 amide bonds. The first-order valence-corrected chi connectivity index (χ1v) is 3.01. The summed E-state index contributed by atoms with van der Waals surface area (Å²) in [6, 6.07) is 1.93. The van der Waals surface area contributed by atoms with Crippen molar-refractivity contribution in [3.63, 3.8) is 0 Å². The lowest BCUT2D eigenvalue weighted by Gasteiger charge is -1.84. The van der Waals surface area contributed by atoms with Gasteiger partial charge in [0.05, 0.1) is 4.91 Å². The fourth-order valence-corrected chi connectivity index (χ4v) is 0.620. The predicted octanol–water partition coefficient (Wildman–Crippen LogP) is 1.78. The quantitative estimate of drug-likeness (QED) is 0.509. The van der Waals surface area contributed by atoms with E-state index in [1.807, 2.05) is 13.0 Å². The molecule has 38 valence electrons.